The van der Waals surface area contributed by atoms with E-state index in [2.05, 4.69) is 5.10 Å². The number of carboxylic acids is 1. The lowest BCUT2D eigenvalue weighted by Gasteiger charge is -2.14. The molecule has 1 atom stereocenters. The van der Waals surface area contributed by atoms with Crippen molar-refractivity contribution in [2.24, 2.45) is 16.9 Å². The van der Waals surface area contributed by atoms with E-state index >= 15 is 0 Å². The number of carbonyl (C=O) groups is 2. The van der Waals surface area contributed by atoms with Crippen molar-refractivity contribution in [3.05, 3.63) is 0 Å². The monoisotopic (exact) mass is 184 g/mol. The number of aliphatic carboxylic acids is 1. The largest absolute Gasteiger partial charge is 0.480 e. The maximum absolute atomic E-state index is 11.3. The zero-order valence-corrected chi connectivity index (χ0v) is 7.60. The van der Waals surface area contributed by atoms with Crippen LogP contribution < -0.4 is 0 Å². The first-order valence-electron chi connectivity index (χ1n) is 4.10. The fraction of sp³-hybridized carbons (Fsp3) is 0.625. The molecule has 1 aliphatic rings. The fourth-order valence-electron chi connectivity index (χ4n) is 1.08. The Kier molecular flexibility index (Phi) is 2.65. The van der Waals surface area contributed by atoms with Gasteiger partial charge in [-0.2, -0.15) is 5.10 Å². The third kappa shape index (κ3) is 2.05. The molecule has 0 saturated heterocycles. The zero-order valence-electron chi connectivity index (χ0n) is 7.60. The summed E-state index contributed by atoms with van der Waals surface area (Å²) in [5.41, 5.74) is 0. The van der Waals surface area contributed by atoms with E-state index in [-0.39, 0.29) is 5.92 Å². The molecule has 0 aromatic carbocycles. The molecule has 5 heteroatoms. The van der Waals surface area contributed by atoms with Gasteiger partial charge in [-0.05, 0) is 5.92 Å². The smallest absolute Gasteiger partial charge is 0.321 e. The van der Waals surface area contributed by atoms with E-state index in [1.54, 1.807) is 0 Å². The summed E-state index contributed by atoms with van der Waals surface area (Å²) in [6.45, 7) is 4.35. The quantitative estimate of drug-likeness (QED) is 0.635. The predicted octanol–water partition coefficient (Wildman–Crippen LogP) is 0.171. The van der Waals surface area contributed by atoms with Gasteiger partial charge in [-0.15, -0.1) is 0 Å². The van der Waals surface area contributed by atoms with E-state index in [4.69, 9.17) is 5.11 Å². The summed E-state index contributed by atoms with van der Waals surface area (Å²) in [5, 5.41) is 13.5. The summed E-state index contributed by atoms with van der Waals surface area (Å²) in [7, 11) is 0. The van der Waals surface area contributed by atoms with Gasteiger partial charge in [0, 0.05) is 12.8 Å². The summed E-state index contributed by atoms with van der Waals surface area (Å²) in [4.78, 5) is 21.8. The van der Waals surface area contributed by atoms with E-state index in [9.17, 15) is 9.59 Å². The van der Waals surface area contributed by atoms with E-state index in [0.717, 1.165) is 0 Å². The van der Waals surface area contributed by atoms with Crippen molar-refractivity contribution in [3.63, 3.8) is 0 Å². The number of amides is 1. The molecule has 1 unspecified atom stereocenters. The SMILES string of the molecule is CC(C)CN1N=CC(C(=O)O)C1=O. The van der Waals surface area contributed by atoms with Gasteiger partial charge in [0.25, 0.3) is 5.91 Å². The average molecular weight is 184 g/mol. The molecule has 0 aliphatic carbocycles. The van der Waals surface area contributed by atoms with Gasteiger partial charge in [-0.25, -0.2) is 5.01 Å². The van der Waals surface area contributed by atoms with Crippen LogP contribution >= 0.6 is 0 Å². The minimum absolute atomic E-state index is 0.286. The van der Waals surface area contributed by atoms with Crippen molar-refractivity contribution in [1.29, 1.82) is 0 Å². The first kappa shape index (κ1) is 9.70. The third-order valence-corrected chi connectivity index (χ3v) is 1.68. The highest BCUT2D eigenvalue weighted by atomic mass is 16.4. The van der Waals surface area contributed by atoms with Crippen LogP contribution in [-0.2, 0) is 9.59 Å². The van der Waals surface area contributed by atoms with Gasteiger partial charge < -0.3 is 5.11 Å². The fourth-order valence-corrected chi connectivity index (χ4v) is 1.08. The Morgan fingerprint density at radius 1 is 1.77 bits per heavy atom. The van der Waals surface area contributed by atoms with Gasteiger partial charge in [-0.1, -0.05) is 13.8 Å². The molecule has 0 aromatic rings. The average Bonchev–Trinajstić information content (AvgIpc) is 2.32. The van der Waals surface area contributed by atoms with Crippen molar-refractivity contribution in [2.45, 2.75) is 13.8 Å². The minimum Gasteiger partial charge on any atom is -0.480 e. The Balaban J connectivity index is 2.61. The summed E-state index contributed by atoms with van der Waals surface area (Å²) in [6.07, 6.45) is 1.17. The molecule has 1 amide bonds. The highest BCUT2D eigenvalue weighted by molar-refractivity contribution is 6.12. The van der Waals surface area contributed by atoms with Gasteiger partial charge >= 0.3 is 5.97 Å². The Morgan fingerprint density at radius 2 is 2.38 bits per heavy atom. The molecule has 0 radical (unpaired) electrons. The standard InChI is InChI=1S/C8H12N2O3/c1-5(2)4-10-7(11)6(3-9-10)8(12)13/h3,5-6H,4H2,1-2H3,(H,12,13). The number of carboxylic acid groups (broad SMARTS) is 1. The highest BCUT2D eigenvalue weighted by Gasteiger charge is 2.34. The minimum atomic E-state index is -1.14. The molecule has 5 nitrogen and oxygen atoms in total. The number of hydrogen-bond acceptors (Lipinski definition) is 3. The molecule has 1 heterocycles. The van der Waals surface area contributed by atoms with Gasteiger partial charge in [0.1, 0.15) is 0 Å². The van der Waals surface area contributed by atoms with Crippen LogP contribution in [0.5, 0.6) is 0 Å². The van der Waals surface area contributed by atoms with Gasteiger partial charge in [-0.3, -0.25) is 9.59 Å². The Hall–Kier alpha value is -1.39. The van der Waals surface area contributed by atoms with Crippen LogP contribution in [0.1, 0.15) is 13.8 Å². The molecular formula is C8H12N2O3. The predicted molar refractivity (Wildman–Crippen MR) is 46.2 cm³/mol. The summed E-state index contributed by atoms with van der Waals surface area (Å²) in [5.74, 6) is -2.38. The maximum atomic E-state index is 11.3. The summed E-state index contributed by atoms with van der Waals surface area (Å²) < 4.78 is 0. The molecule has 1 aliphatic heterocycles. The van der Waals surface area contributed by atoms with Gasteiger partial charge in [0.15, 0.2) is 5.92 Å². The third-order valence-electron chi connectivity index (χ3n) is 1.68. The lowest BCUT2D eigenvalue weighted by Crippen LogP contribution is -2.32. The van der Waals surface area contributed by atoms with E-state index in [1.807, 2.05) is 13.8 Å². The lowest BCUT2D eigenvalue weighted by atomic mass is 10.1. The second kappa shape index (κ2) is 3.55. The normalized spacial score (nSPS) is 21.6. The molecule has 0 aromatic heterocycles. The molecule has 1 N–H and O–H groups in total. The molecular weight excluding hydrogens is 172 g/mol. The molecule has 0 saturated carbocycles. The van der Waals surface area contributed by atoms with Crippen LogP contribution in [0.15, 0.2) is 5.10 Å². The van der Waals surface area contributed by atoms with Crippen LogP contribution in [0.4, 0.5) is 0 Å². The van der Waals surface area contributed by atoms with Crippen molar-refractivity contribution in [3.8, 4) is 0 Å². The number of hydrogen-bond donors (Lipinski definition) is 1. The lowest BCUT2D eigenvalue weighted by molar-refractivity contribution is -0.146. The molecule has 0 bridgehead atoms. The molecule has 72 valence electrons. The van der Waals surface area contributed by atoms with Crippen LogP contribution in [0.3, 0.4) is 0 Å². The molecule has 0 spiro atoms. The van der Waals surface area contributed by atoms with Crippen LogP contribution in [0, 0.1) is 11.8 Å². The Morgan fingerprint density at radius 3 is 2.77 bits per heavy atom. The van der Waals surface area contributed by atoms with Gasteiger partial charge in [0.05, 0.1) is 0 Å². The van der Waals surface area contributed by atoms with E-state index in [1.165, 1.54) is 11.2 Å². The first-order valence-corrected chi connectivity index (χ1v) is 4.10. The van der Waals surface area contributed by atoms with Gasteiger partial charge in [0.2, 0.25) is 0 Å². The second-order valence-corrected chi connectivity index (χ2v) is 3.39. The summed E-state index contributed by atoms with van der Waals surface area (Å²) in [6, 6.07) is 0. The number of carbonyl (C=O) groups excluding carboxylic acids is 1. The maximum Gasteiger partial charge on any atom is 0.321 e. The zero-order chi connectivity index (χ0) is 10.0. The number of hydrazone groups is 1. The number of rotatable bonds is 3. The molecule has 1 rings (SSSR count). The Labute approximate surface area is 76.0 Å². The van der Waals surface area contributed by atoms with E-state index in [0.29, 0.717) is 6.54 Å². The number of nitrogens with zero attached hydrogens (tertiary/aromatic N) is 2. The topological polar surface area (TPSA) is 70.0 Å². The van der Waals surface area contributed by atoms with Crippen LogP contribution in [0.2, 0.25) is 0 Å². The van der Waals surface area contributed by atoms with E-state index < -0.39 is 17.8 Å². The summed E-state index contributed by atoms with van der Waals surface area (Å²) >= 11 is 0. The van der Waals surface area contributed by atoms with Crippen LogP contribution in [-0.4, -0.2) is 34.8 Å². The van der Waals surface area contributed by atoms with Crippen molar-refractivity contribution < 1.29 is 14.7 Å². The Bertz CT molecular complexity index is 260. The highest BCUT2D eigenvalue weighted by Crippen LogP contribution is 2.12. The van der Waals surface area contributed by atoms with Crippen molar-refractivity contribution >= 4 is 18.1 Å². The first-order chi connectivity index (χ1) is 6.02. The van der Waals surface area contributed by atoms with Crippen LogP contribution in [0.25, 0.3) is 0 Å². The second-order valence-electron chi connectivity index (χ2n) is 3.39. The molecule has 13 heavy (non-hydrogen) atoms. The molecule has 0 fully saturated rings. The van der Waals surface area contributed by atoms with Crippen molar-refractivity contribution in [1.82, 2.24) is 5.01 Å². The van der Waals surface area contributed by atoms with Crippen molar-refractivity contribution in [2.75, 3.05) is 6.54 Å².